The molecule has 0 spiro atoms. The molecule has 1 heterocycles. The van der Waals surface area contributed by atoms with Gasteiger partial charge < -0.3 is 16.0 Å². The predicted octanol–water partition coefficient (Wildman–Crippen LogP) is 2.08. The van der Waals surface area contributed by atoms with Gasteiger partial charge in [0.15, 0.2) is 0 Å². The summed E-state index contributed by atoms with van der Waals surface area (Å²) in [4.78, 5) is 14.3. The average molecular weight is 273 g/mol. The topological polar surface area (TPSA) is 58.4 Å². The van der Waals surface area contributed by atoms with Crippen LogP contribution in [-0.2, 0) is 11.2 Å². The Hall–Kier alpha value is -1.71. The fourth-order valence-electron chi connectivity index (χ4n) is 3.45. The van der Waals surface area contributed by atoms with E-state index in [0.29, 0.717) is 12.6 Å². The highest BCUT2D eigenvalue weighted by Gasteiger charge is 2.23. The van der Waals surface area contributed by atoms with Crippen LogP contribution < -0.4 is 16.0 Å². The predicted molar refractivity (Wildman–Crippen MR) is 81.8 cm³/mol. The Morgan fingerprint density at radius 1 is 1.30 bits per heavy atom. The van der Waals surface area contributed by atoms with Crippen molar-refractivity contribution < 1.29 is 4.79 Å². The minimum Gasteiger partial charge on any atom is -0.397 e. The van der Waals surface area contributed by atoms with E-state index >= 15 is 0 Å². The summed E-state index contributed by atoms with van der Waals surface area (Å²) in [7, 11) is 0. The number of nitrogens with zero attached hydrogens (tertiary/aromatic N) is 1. The van der Waals surface area contributed by atoms with Gasteiger partial charge in [-0.3, -0.25) is 4.79 Å². The molecule has 0 aromatic heterocycles. The molecule has 0 saturated heterocycles. The second-order valence-electron chi connectivity index (χ2n) is 5.93. The lowest BCUT2D eigenvalue weighted by molar-refractivity contribution is -0.120. The maximum atomic E-state index is 12.2. The molecule has 3 N–H and O–H groups in total. The van der Waals surface area contributed by atoms with E-state index in [0.717, 1.165) is 43.6 Å². The zero-order valence-electron chi connectivity index (χ0n) is 11.9. The average Bonchev–Trinajstić information content (AvgIpc) is 2.92. The van der Waals surface area contributed by atoms with Crippen LogP contribution in [0.3, 0.4) is 0 Å². The molecule has 3 rings (SSSR count). The van der Waals surface area contributed by atoms with Gasteiger partial charge in [-0.15, -0.1) is 0 Å². The van der Waals surface area contributed by atoms with Crippen LogP contribution in [0.25, 0.3) is 0 Å². The van der Waals surface area contributed by atoms with E-state index in [1.807, 2.05) is 12.1 Å². The number of aryl methyl sites for hydroxylation is 1. The lowest BCUT2D eigenvalue weighted by Crippen LogP contribution is -2.43. The van der Waals surface area contributed by atoms with Crippen LogP contribution in [0.4, 0.5) is 11.4 Å². The normalized spacial score (nSPS) is 18.9. The minimum atomic E-state index is 0.132. The van der Waals surface area contributed by atoms with Crippen molar-refractivity contribution in [1.29, 1.82) is 0 Å². The smallest absolute Gasteiger partial charge is 0.239 e. The Morgan fingerprint density at radius 2 is 2.10 bits per heavy atom. The molecule has 1 fully saturated rings. The Kier molecular flexibility index (Phi) is 3.81. The summed E-state index contributed by atoms with van der Waals surface area (Å²) < 4.78 is 0. The number of anilines is 2. The van der Waals surface area contributed by atoms with Crippen molar-refractivity contribution >= 4 is 17.3 Å². The Labute approximate surface area is 120 Å². The second-order valence-corrected chi connectivity index (χ2v) is 5.93. The van der Waals surface area contributed by atoms with E-state index in [2.05, 4.69) is 16.3 Å². The molecule has 0 bridgehead atoms. The molecule has 0 unspecified atom stereocenters. The summed E-state index contributed by atoms with van der Waals surface area (Å²) in [5, 5.41) is 3.16. The maximum absolute atomic E-state index is 12.2. The van der Waals surface area contributed by atoms with Crippen LogP contribution in [0.1, 0.15) is 37.7 Å². The van der Waals surface area contributed by atoms with Gasteiger partial charge in [0.1, 0.15) is 0 Å². The number of para-hydroxylation sites is 1. The van der Waals surface area contributed by atoms with Gasteiger partial charge in [0.25, 0.3) is 0 Å². The number of carbonyl (C=O) groups excluding carboxylic acids is 1. The van der Waals surface area contributed by atoms with Crippen molar-refractivity contribution in [2.45, 2.75) is 44.6 Å². The molecule has 4 heteroatoms. The first kappa shape index (κ1) is 13.3. The number of hydrogen-bond acceptors (Lipinski definition) is 3. The van der Waals surface area contributed by atoms with E-state index < -0.39 is 0 Å². The number of hydrogen-bond donors (Lipinski definition) is 2. The van der Waals surface area contributed by atoms with Crippen molar-refractivity contribution in [2.75, 3.05) is 23.7 Å². The van der Waals surface area contributed by atoms with Crippen LogP contribution >= 0.6 is 0 Å². The zero-order chi connectivity index (χ0) is 13.9. The highest BCUT2D eigenvalue weighted by atomic mass is 16.2. The van der Waals surface area contributed by atoms with Crippen LogP contribution in [0.15, 0.2) is 18.2 Å². The second kappa shape index (κ2) is 5.73. The monoisotopic (exact) mass is 273 g/mol. The molecule has 1 aromatic rings. The number of nitrogens with two attached hydrogens (primary N) is 1. The number of fused-ring (bicyclic) bond motifs is 1. The Balaban J connectivity index is 1.68. The summed E-state index contributed by atoms with van der Waals surface area (Å²) >= 11 is 0. The van der Waals surface area contributed by atoms with Gasteiger partial charge in [0, 0.05) is 12.6 Å². The minimum absolute atomic E-state index is 0.132. The molecule has 1 aliphatic heterocycles. The molecule has 20 heavy (non-hydrogen) atoms. The summed E-state index contributed by atoms with van der Waals surface area (Å²) in [6.07, 6.45) is 6.89. The van der Waals surface area contributed by atoms with Crippen LogP contribution in [-0.4, -0.2) is 25.0 Å². The van der Waals surface area contributed by atoms with E-state index in [4.69, 9.17) is 5.73 Å². The summed E-state index contributed by atoms with van der Waals surface area (Å²) in [6, 6.07) is 6.43. The molecule has 4 nitrogen and oxygen atoms in total. The summed E-state index contributed by atoms with van der Waals surface area (Å²) in [5.41, 5.74) is 9.22. The first-order chi connectivity index (χ1) is 9.74. The van der Waals surface area contributed by atoms with Gasteiger partial charge in [0.2, 0.25) is 5.91 Å². The third kappa shape index (κ3) is 2.74. The Morgan fingerprint density at radius 3 is 2.90 bits per heavy atom. The molecular formula is C16H23N3O. The molecule has 1 aliphatic carbocycles. The van der Waals surface area contributed by atoms with Crippen molar-refractivity contribution in [1.82, 2.24) is 5.32 Å². The first-order valence-corrected chi connectivity index (χ1v) is 7.66. The highest BCUT2D eigenvalue weighted by Crippen LogP contribution is 2.32. The number of nitrogen functional groups attached to an aromatic ring is 1. The van der Waals surface area contributed by atoms with E-state index in [1.165, 1.54) is 18.4 Å². The van der Waals surface area contributed by atoms with Crippen molar-refractivity contribution in [2.24, 2.45) is 0 Å². The first-order valence-electron chi connectivity index (χ1n) is 7.66. The molecule has 108 valence electrons. The number of rotatable bonds is 3. The lowest BCUT2D eigenvalue weighted by Gasteiger charge is -2.32. The van der Waals surface area contributed by atoms with E-state index in [9.17, 15) is 4.79 Å². The van der Waals surface area contributed by atoms with Crippen LogP contribution in [0.5, 0.6) is 0 Å². The molecule has 0 radical (unpaired) electrons. The number of nitrogens with one attached hydrogen (secondary N) is 1. The highest BCUT2D eigenvalue weighted by molar-refractivity contribution is 5.84. The standard InChI is InChI=1S/C16H23N3O/c17-14-9-3-5-12-6-4-10-19(16(12)14)11-15(20)18-13-7-1-2-8-13/h3,5,9,13H,1-2,4,6-8,10-11,17H2,(H,18,20). The number of carbonyl (C=O) groups is 1. The number of amides is 1. The molecule has 1 aromatic carbocycles. The van der Waals surface area contributed by atoms with Gasteiger partial charge in [-0.25, -0.2) is 0 Å². The summed E-state index contributed by atoms with van der Waals surface area (Å²) in [6.45, 7) is 1.34. The van der Waals surface area contributed by atoms with Crippen molar-refractivity contribution in [3.63, 3.8) is 0 Å². The van der Waals surface area contributed by atoms with Gasteiger partial charge >= 0.3 is 0 Å². The quantitative estimate of drug-likeness (QED) is 0.829. The summed E-state index contributed by atoms with van der Waals surface area (Å²) in [5.74, 6) is 0.132. The van der Waals surface area contributed by atoms with Crippen LogP contribution in [0, 0.1) is 0 Å². The Bertz CT molecular complexity index is 494. The van der Waals surface area contributed by atoms with Crippen molar-refractivity contribution in [3.05, 3.63) is 23.8 Å². The van der Waals surface area contributed by atoms with Gasteiger partial charge in [-0.05, 0) is 37.3 Å². The lowest BCUT2D eigenvalue weighted by atomic mass is 10.0. The van der Waals surface area contributed by atoms with E-state index in [1.54, 1.807) is 0 Å². The molecule has 0 atom stereocenters. The number of benzene rings is 1. The molecule has 1 amide bonds. The third-order valence-corrected chi connectivity index (χ3v) is 4.40. The molecule has 2 aliphatic rings. The SMILES string of the molecule is Nc1cccc2c1N(CC(=O)NC1CCCC1)CCC2. The van der Waals surface area contributed by atoms with E-state index in [-0.39, 0.29) is 5.91 Å². The fraction of sp³-hybridized carbons (Fsp3) is 0.562. The fourth-order valence-corrected chi connectivity index (χ4v) is 3.45. The van der Waals surface area contributed by atoms with Gasteiger partial charge in [-0.1, -0.05) is 25.0 Å². The molecule has 1 saturated carbocycles. The van der Waals surface area contributed by atoms with Crippen molar-refractivity contribution in [3.8, 4) is 0 Å². The van der Waals surface area contributed by atoms with Gasteiger partial charge in [-0.2, -0.15) is 0 Å². The third-order valence-electron chi connectivity index (χ3n) is 4.40. The van der Waals surface area contributed by atoms with Crippen LogP contribution in [0.2, 0.25) is 0 Å². The largest absolute Gasteiger partial charge is 0.397 e. The van der Waals surface area contributed by atoms with Gasteiger partial charge in [0.05, 0.1) is 17.9 Å². The zero-order valence-corrected chi connectivity index (χ0v) is 11.9. The maximum Gasteiger partial charge on any atom is 0.239 e. The molecular weight excluding hydrogens is 250 g/mol.